The summed E-state index contributed by atoms with van der Waals surface area (Å²) in [5.41, 5.74) is 2.78. The smallest absolute Gasteiger partial charge is 0.0240 e. The van der Waals surface area contributed by atoms with Crippen LogP contribution in [0.1, 0.15) is 44.7 Å². The van der Waals surface area contributed by atoms with Crippen LogP contribution < -0.4 is 5.32 Å². The normalized spacial score (nSPS) is 12.7. The van der Waals surface area contributed by atoms with Crippen molar-refractivity contribution in [3.05, 3.63) is 71.8 Å². The van der Waals surface area contributed by atoms with Gasteiger partial charge in [-0.15, -0.1) is 0 Å². The molecule has 0 bridgehead atoms. The van der Waals surface area contributed by atoms with E-state index in [1.54, 1.807) is 0 Å². The van der Waals surface area contributed by atoms with E-state index < -0.39 is 0 Å². The maximum atomic E-state index is 3.52. The van der Waals surface area contributed by atoms with Crippen LogP contribution in [-0.4, -0.2) is 23.5 Å². The van der Waals surface area contributed by atoms with E-state index >= 15 is 0 Å². The molecule has 0 spiro atoms. The fraction of sp³-hybridized carbons (Fsp3) is 0.455. The van der Waals surface area contributed by atoms with E-state index in [9.17, 15) is 0 Å². The van der Waals surface area contributed by atoms with Gasteiger partial charge in [-0.05, 0) is 37.4 Å². The van der Waals surface area contributed by atoms with Crippen LogP contribution in [0.4, 0.5) is 0 Å². The third-order valence-corrected chi connectivity index (χ3v) is 4.43. The zero-order valence-corrected chi connectivity index (χ0v) is 15.4. The summed E-state index contributed by atoms with van der Waals surface area (Å²) in [5.74, 6) is 0. The van der Waals surface area contributed by atoms with E-state index in [0.717, 1.165) is 19.6 Å². The van der Waals surface area contributed by atoms with Gasteiger partial charge in [0.25, 0.3) is 0 Å². The number of nitrogens with zero attached hydrogens (tertiary/aromatic N) is 1. The van der Waals surface area contributed by atoms with E-state index in [4.69, 9.17) is 0 Å². The van der Waals surface area contributed by atoms with E-state index in [1.807, 2.05) is 0 Å². The van der Waals surface area contributed by atoms with Gasteiger partial charge >= 0.3 is 0 Å². The zero-order chi connectivity index (χ0) is 17.2. The number of rotatable bonds is 10. The highest BCUT2D eigenvalue weighted by Gasteiger charge is 2.14. The largest absolute Gasteiger partial charge is 0.315 e. The second-order valence-corrected chi connectivity index (χ2v) is 6.98. The maximum absolute atomic E-state index is 3.52. The van der Waals surface area contributed by atoms with E-state index in [2.05, 4.69) is 91.7 Å². The van der Waals surface area contributed by atoms with Crippen molar-refractivity contribution in [1.29, 1.82) is 0 Å². The van der Waals surface area contributed by atoms with E-state index in [-0.39, 0.29) is 0 Å². The molecule has 0 heterocycles. The lowest BCUT2D eigenvalue weighted by Crippen LogP contribution is -2.33. The molecule has 2 rings (SSSR count). The molecule has 0 radical (unpaired) electrons. The van der Waals surface area contributed by atoms with Crippen molar-refractivity contribution in [2.24, 2.45) is 0 Å². The monoisotopic (exact) mass is 324 g/mol. The fourth-order valence-corrected chi connectivity index (χ4v) is 2.97. The Balaban J connectivity index is 1.96. The average Bonchev–Trinajstić information content (AvgIpc) is 2.59. The first kappa shape index (κ1) is 18.7. The van der Waals surface area contributed by atoms with Gasteiger partial charge in [-0.25, -0.2) is 0 Å². The minimum atomic E-state index is 0.569. The number of nitrogens with one attached hydrogen (secondary N) is 1. The van der Waals surface area contributed by atoms with Gasteiger partial charge in [0.2, 0.25) is 0 Å². The first-order chi connectivity index (χ1) is 11.6. The third-order valence-electron chi connectivity index (χ3n) is 4.43. The molecule has 0 fully saturated rings. The average molecular weight is 325 g/mol. The van der Waals surface area contributed by atoms with Crippen molar-refractivity contribution in [2.75, 3.05) is 6.54 Å². The van der Waals surface area contributed by atoms with Crippen molar-refractivity contribution in [3.63, 3.8) is 0 Å². The Hall–Kier alpha value is -1.64. The Morgan fingerprint density at radius 1 is 0.792 bits per heavy atom. The lowest BCUT2D eigenvalue weighted by Gasteiger charge is -2.29. The van der Waals surface area contributed by atoms with Crippen molar-refractivity contribution >= 4 is 0 Å². The summed E-state index contributed by atoms with van der Waals surface area (Å²) in [5, 5.41) is 3.52. The van der Waals surface area contributed by atoms with Crippen molar-refractivity contribution in [1.82, 2.24) is 10.2 Å². The molecular formula is C22H32N2. The molecule has 1 atom stereocenters. The molecule has 0 aliphatic rings. The predicted octanol–water partition coefficient (Wildman–Crippen LogP) is 4.86. The number of hydrogen-bond donors (Lipinski definition) is 1. The summed E-state index contributed by atoms with van der Waals surface area (Å²) in [6.07, 6.45) is 2.44. The summed E-state index contributed by atoms with van der Waals surface area (Å²) in [4.78, 5) is 2.60. The van der Waals surface area contributed by atoms with Crippen LogP contribution in [0.5, 0.6) is 0 Å². The van der Waals surface area contributed by atoms with Crippen LogP contribution in [0, 0.1) is 0 Å². The summed E-state index contributed by atoms with van der Waals surface area (Å²) >= 11 is 0. The van der Waals surface area contributed by atoms with Crippen LogP contribution in [0.2, 0.25) is 0 Å². The standard InChI is InChI=1S/C22H32N2/c1-19(2)23-16-10-11-20(3)24(17-21-12-6-4-7-13-21)18-22-14-8-5-9-15-22/h4-9,12-15,19-20,23H,10-11,16-18H2,1-3H3. The van der Waals surface area contributed by atoms with Gasteiger partial charge in [-0.1, -0.05) is 74.5 Å². The highest BCUT2D eigenvalue weighted by molar-refractivity contribution is 5.17. The third kappa shape index (κ3) is 6.86. The molecular weight excluding hydrogens is 292 g/mol. The van der Waals surface area contributed by atoms with Gasteiger partial charge in [-0.3, -0.25) is 4.90 Å². The van der Waals surface area contributed by atoms with Gasteiger partial charge < -0.3 is 5.32 Å². The molecule has 0 saturated carbocycles. The Bertz CT molecular complexity index is 509. The minimum absolute atomic E-state index is 0.569. The van der Waals surface area contributed by atoms with Gasteiger partial charge in [0.1, 0.15) is 0 Å². The molecule has 0 saturated heterocycles. The molecule has 0 amide bonds. The minimum Gasteiger partial charge on any atom is -0.315 e. The van der Waals surface area contributed by atoms with Gasteiger partial charge in [-0.2, -0.15) is 0 Å². The lowest BCUT2D eigenvalue weighted by atomic mass is 10.1. The van der Waals surface area contributed by atoms with Crippen LogP contribution >= 0.6 is 0 Å². The highest BCUT2D eigenvalue weighted by Crippen LogP contribution is 2.16. The second kappa shape index (κ2) is 10.3. The Morgan fingerprint density at radius 3 is 1.75 bits per heavy atom. The summed E-state index contributed by atoms with van der Waals surface area (Å²) in [6, 6.07) is 22.8. The molecule has 24 heavy (non-hydrogen) atoms. The molecule has 130 valence electrons. The van der Waals surface area contributed by atoms with Crippen LogP contribution in [0.3, 0.4) is 0 Å². The summed E-state index contributed by atoms with van der Waals surface area (Å²) in [7, 11) is 0. The van der Waals surface area contributed by atoms with Crippen molar-refractivity contribution in [2.45, 2.75) is 58.8 Å². The molecule has 2 aromatic rings. The molecule has 1 N–H and O–H groups in total. The Labute approximate surface area is 147 Å². The zero-order valence-electron chi connectivity index (χ0n) is 15.4. The van der Waals surface area contributed by atoms with Crippen LogP contribution in [0.25, 0.3) is 0 Å². The van der Waals surface area contributed by atoms with Crippen LogP contribution in [0.15, 0.2) is 60.7 Å². The molecule has 0 aliphatic heterocycles. The first-order valence-corrected chi connectivity index (χ1v) is 9.20. The molecule has 2 aromatic carbocycles. The maximum Gasteiger partial charge on any atom is 0.0240 e. The van der Waals surface area contributed by atoms with E-state index in [1.165, 1.54) is 24.0 Å². The molecule has 2 nitrogen and oxygen atoms in total. The van der Waals surface area contributed by atoms with Crippen molar-refractivity contribution < 1.29 is 0 Å². The summed E-state index contributed by atoms with van der Waals surface area (Å²) in [6.45, 7) is 9.90. The molecule has 0 aliphatic carbocycles. The second-order valence-electron chi connectivity index (χ2n) is 6.98. The fourth-order valence-electron chi connectivity index (χ4n) is 2.97. The van der Waals surface area contributed by atoms with Gasteiger partial charge in [0.15, 0.2) is 0 Å². The van der Waals surface area contributed by atoms with Gasteiger partial charge in [0.05, 0.1) is 0 Å². The Kier molecular flexibility index (Phi) is 8.00. The van der Waals surface area contributed by atoms with Crippen molar-refractivity contribution in [3.8, 4) is 0 Å². The Morgan fingerprint density at radius 2 is 1.29 bits per heavy atom. The topological polar surface area (TPSA) is 15.3 Å². The molecule has 2 heteroatoms. The molecule has 1 unspecified atom stereocenters. The van der Waals surface area contributed by atoms with Gasteiger partial charge in [0, 0.05) is 25.2 Å². The number of benzene rings is 2. The number of hydrogen-bond acceptors (Lipinski definition) is 2. The summed E-state index contributed by atoms with van der Waals surface area (Å²) < 4.78 is 0. The quantitative estimate of drug-likeness (QED) is 0.628. The van der Waals surface area contributed by atoms with Crippen LogP contribution in [-0.2, 0) is 13.1 Å². The van der Waals surface area contributed by atoms with E-state index in [0.29, 0.717) is 12.1 Å². The molecule has 0 aromatic heterocycles. The SMILES string of the molecule is CC(C)NCCCC(C)N(Cc1ccccc1)Cc1ccccc1. The lowest BCUT2D eigenvalue weighted by molar-refractivity contribution is 0.179. The first-order valence-electron chi connectivity index (χ1n) is 9.20. The highest BCUT2D eigenvalue weighted by atomic mass is 15.1. The predicted molar refractivity (Wildman–Crippen MR) is 104 cm³/mol.